The van der Waals surface area contributed by atoms with E-state index in [1.807, 2.05) is 6.07 Å². The Morgan fingerprint density at radius 3 is 2.85 bits per heavy atom. The van der Waals surface area contributed by atoms with Gasteiger partial charge in [0, 0.05) is 9.26 Å². The second kappa shape index (κ2) is 4.43. The minimum Gasteiger partial charge on any atom is -0.481 e. The molecule has 5 heteroatoms. The molecule has 0 heterocycles. The first-order chi connectivity index (χ1) is 6.13. The molecule has 0 saturated heterocycles. The van der Waals surface area contributed by atoms with Crippen molar-refractivity contribution >= 4 is 34.2 Å². The molecule has 1 rings (SSSR count). The highest BCUT2D eigenvalue weighted by atomic mass is 127. The number of nitrogens with two attached hydrogens (primary N) is 1. The van der Waals surface area contributed by atoms with E-state index in [1.165, 1.54) is 0 Å². The molecule has 0 radical (unpaired) electrons. The Kier molecular flexibility index (Phi) is 3.49. The standard InChI is InChI=1S/C8H9IN2O2/c9-7-2-1-6(11-10)3-5(7)4-8(12)13/h1-3,11H,4,10H2,(H,12,13). The lowest BCUT2D eigenvalue weighted by Gasteiger charge is -2.04. The quantitative estimate of drug-likeness (QED) is 0.444. The van der Waals surface area contributed by atoms with Crippen LogP contribution in [0.5, 0.6) is 0 Å². The van der Waals surface area contributed by atoms with Gasteiger partial charge in [0.2, 0.25) is 0 Å². The van der Waals surface area contributed by atoms with E-state index in [1.54, 1.807) is 12.1 Å². The SMILES string of the molecule is NNc1ccc(I)c(CC(=O)O)c1. The summed E-state index contributed by atoms with van der Waals surface area (Å²) in [7, 11) is 0. The minimum atomic E-state index is -0.841. The van der Waals surface area contributed by atoms with Crippen molar-refractivity contribution in [3.63, 3.8) is 0 Å². The monoisotopic (exact) mass is 292 g/mol. The summed E-state index contributed by atoms with van der Waals surface area (Å²) in [6.07, 6.45) is 0.0216. The van der Waals surface area contributed by atoms with Crippen LogP contribution in [0.1, 0.15) is 5.56 Å². The van der Waals surface area contributed by atoms with Crippen LogP contribution in [0.15, 0.2) is 18.2 Å². The predicted molar refractivity (Wildman–Crippen MR) is 58.3 cm³/mol. The molecule has 4 nitrogen and oxygen atoms in total. The van der Waals surface area contributed by atoms with Gasteiger partial charge in [0.15, 0.2) is 0 Å². The first kappa shape index (κ1) is 10.3. The van der Waals surface area contributed by atoms with Crippen LogP contribution in [0.3, 0.4) is 0 Å². The summed E-state index contributed by atoms with van der Waals surface area (Å²) in [5.41, 5.74) is 3.96. The van der Waals surface area contributed by atoms with Gasteiger partial charge in [-0.25, -0.2) is 0 Å². The van der Waals surface area contributed by atoms with Crippen LogP contribution in [0.2, 0.25) is 0 Å². The first-order valence-electron chi connectivity index (χ1n) is 3.60. The maximum Gasteiger partial charge on any atom is 0.307 e. The second-order valence-corrected chi connectivity index (χ2v) is 3.68. The van der Waals surface area contributed by atoms with Crippen molar-refractivity contribution in [3.05, 3.63) is 27.3 Å². The number of nitrogens with one attached hydrogen (secondary N) is 1. The van der Waals surface area contributed by atoms with Crippen molar-refractivity contribution in [2.45, 2.75) is 6.42 Å². The van der Waals surface area contributed by atoms with E-state index < -0.39 is 5.97 Å². The van der Waals surface area contributed by atoms with Gasteiger partial charge >= 0.3 is 5.97 Å². The number of carboxylic acids is 1. The molecule has 0 spiro atoms. The Morgan fingerprint density at radius 1 is 1.62 bits per heavy atom. The number of hydrogen-bond donors (Lipinski definition) is 3. The zero-order chi connectivity index (χ0) is 9.84. The summed E-state index contributed by atoms with van der Waals surface area (Å²) in [4.78, 5) is 10.5. The van der Waals surface area contributed by atoms with E-state index >= 15 is 0 Å². The van der Waals surface area contributed by atoms with Crippen molar-refractivity contribution in [2.24, 2.45) is 5.84 Å². The van der Waals surface area contributed by atoms with Crippen LogP contribution < -0.4 is 11.3 Å². The predicted octanol–water partition coefficient (Wildman–Crippen LogP) is 1.20. The van der Waals surface area contributed by atoms with E-state index in [-0.39, 0.29) is 6.42 Å². The van der Waals surface area contributed by atoms with Crippen LogP contribution in [-0.2, 0) is 11.2 Å². The number of carbonyl (C=O) groups is 1. The van der Waals surface area contributed by atoms with Gasteiger partial charge in [-0.1, -0.05) is 0 Å². The highest BCUT2D eigenvalue weighted by Gasteiger charge is 2.05. The van der Waals surface area contributed by atoms with Crippen LogP contribution in [0.4, 0.5) is 5.69 Å². The van der Waals surface area contributed by atoms with Crippen molar-refractivity contribution in [1.29, 1.82) is 0 Å². The maximum absolute atomic E-state index is 10.5. The smallest absolute Gasteiger partial charge is 0.307 e. The van der Waals surface area contributed by atoms with Crippen LogP contribution in [0.25, 0.3) is 0 Å². The number of halogens is 1. The molecule has 70 valence electrons. The van der Waals surface area contributed by atoms with E-state index in [0.717, 1.165) is 14.8 Å². The number of hydrogen-bond acceptors (Lipinski definition) is 3. The van der Waals surface area contributed by atoms with Crippen LogP contribution >= 0.6 is 22.6 Å². The van der Waals surface area contributed by atoms with Crippen molar-refractivity contribution in [1.82, 2.24) is 0 Å². The zero-order valence-corrected chi connectivity index (χ0v) is 8.91. The molecule has 13 heavy (non-hydrogen) atoms. The summed E-state index contributed by atoms with van der Waals surface area (Å²) in [6, 6.07) is 5.36. The summed E-state index contributed by atoms with van der Waals surface area (Å²) < 4.78 is 0.930. The van der Waals surface area contributed by atoms with Gasteiger partial charge in [-0.2, -0.15) is 0 Å². The van der Waals surface area contributed by atoms with Crippen molar-refractivity contribution < 1.29 is 9.90 Å². The zero-order valence-electron chi connectivity index (χ0n) is 6.75. The molecular formula is C8H9IN2O2. The topological polar surface area (TPSA) is 75.3 Å². The number of nitrogen functional groups attached to an aromatic ring is 1. The third-order valence-electron chi connectivity index (χ3n) is 1.55. The Balaban J connectivity index is 2.96. The van der Waals surface area contributed by atoms with Gasteiger partial charge < -0.3 is 10.5 Å². The van der Waals surface area contributed by atoms with Crippen molar-refractivity contribution in [3.8, 4) is 0 Å². The lowest BCUT2D eigenvalue weighted by molar-refractivity contribution is -0.136. The summed E-state index contributed by atoms with van der Waals surface area (Å²) in [5.74, 6) is 4.36. The molecule has 0 aliphatic heterocycles. The number of rotatable bonds is 3. The summed E-state index contributed by atoms with van der Waals surface area (Å²) in [6.45, 7) is 0. The molecular weight excluding hydrogens is 283 g/mol. The van der Waals surface area contributed by atoms with E-state index in [0.29, 0.717) is 0 Å². The molecule has 0 aliphatic rings. The molecule has 1 aromatic rings. The Morgan fingerprint density at radius 2 is 2.31 bits per heavy atom. The Labute approximate surface area is 89.2 Å². The van der Waals surface area contributed by atoms with E-state index in [4.69, 9.17) is 10.9 Å². The van der Waals surface area contributed by atoms with Gasteiger partial charge in [0.05, 0.1) is 6.42 Å². The van der Waals surface area contributed by atoms with Crippen LogP contribution in [-0.4, -0.2) is 11.1 Å². The van der Waals surface area contributed by atoms with Gasteiger partial charge in [-0.05, 0) is 46.4 Å². The molecule has 1 aromatic carbocycles. The molecule has 0 aliphatic carbocycles. The molecule has 0 atom stereocenters. The molecule has 0 saturated carbocycles. The maximum atomic E-state index is 10.5. The number of anilines is 1. The molecule has 0 fully saturated rings. The number of hydrazine groups is 1. The lowest BCUT2D eigenvalue weighted by atomic mass is 10.1. The number of benzene rings is 1. The average Bonchev–Trinajstić information content (AvgIpc) is 2.08. The van der Waals surface area contributed by atoms with Gasteiger partial charge in [0.25, 0.3) is 0 Å². The first-order valence-corrected chi connectivity index (χ1v) is 4.68. The largest absolute Gasteiger partial charge is 0.481 e. The number of carboxylic acid groups (broad SMARTS) is 1. The fourth-order valence-corrected chi connectivity index (χ4v) is 1.49. The molecule has 0 aromatic heterocycles. The highest BCUT2D eigenvalue weighted by Crippen LogP contribution is 2.17. The van der Waals surface area contributed by atoms with E-state index in [2.05, 4.69) is 28.0 Å². The fraction of sp³-hybridized carbons (Fsp3) is 0.125. The third-order valence-corrected chi connectivity index (χ3v) is 2.61. The Bertz CT molecular complexity index is 328. The molecule has 0 unspecified atom stereocenters. The normalized spacial score (nSPS) is 9.69. The highest BCUT2D eigenvalue weighted by molar-refractivity contribution is 14.1. The minimum absolute atomic E-state index is 0.0216. The number of aliphatic carboxylic acids is 1. The molecule has 4 N–H and O–H groups in total. The van der Waals surface area contributed by atoms with Gasteiger partial charge in [-0.15, -0.1) is 0 Å². The molecule has 0 amide bonds. The third kappa shape index (κ3) is 2.85. The van der Waals surface area contributed by atoms with Gasteiger partial charge in [0.1, 0.15) is 0 Å². The van der Waals surface area contributed by atoms with Crippen LogP contribution in [0, 0.1) is 3.57 Å². The Hall–Kier alpha value is -0.820. The molecule has 0 bridgehead atoms. The lowest BCUT2D eigenvalue weighted by Crippen LogP contribution is -2.08. The van der Waals surface area contributed by atoms with Crippen molar-refractivity contribution in [2.75, 3.05) is 5.43 Å². The van der Waals surface area contributed by atoms with E-state index in [9.17, 15) is 4.79 Å². The fourth-order valence-electron chi connectivity index (χ4n) is 0.963. The summed E-state index contributed by atoms with van der Waals surface area (Å²) in [5, 5.41) is 8.60. The summed E-state index contributed by atoms with van der Waals surface area (Å²) >= 11 is 2.09. The average molecular weight is 292 g/mol. The van der Waals surface area contributed by atoms with Gasteiger partial charge in [-0.3, -0.25) is 10.6 Å². The second-order valence-electron chi connectivity index (χ2n) is 2.52.